The number of carbonyl (C=O) groups is 3. The van der Waals surface area contributed by atoms with Crippen LogP contribution in [-0.4, -0.2) is 45.7 Å². The van der Waals surface area contributed by atoms with Crippen molar-refractivity contribution in [3.8, 4) is 0 Å². The molecule has 0 aliphatic carbocycles. The van der Waals surface area contributed by atoms with E-state index < -0.39 is 10.8 Å². The summed E-state index contributed by atoms with van der Waals surface area (Å²) in [5.41, 5.74) is 0.492. The molecule has 0 aromatic heterocycles. The molecular weight excluding hydrogens is 310 g/mol. The number of hydrogen-bond acceptors (Lipinski definition) is 6. The Hall–Kier alpha value is -2.42. The Morgan fingerprint density at radius 2 is 2.18 bits per heavy atom. The molecule has 0 saturated carbocycles. The van der Waals surface area contributed by atoms with Crippen molar-refractivity contribution in [1.29, 1.82) is 0 Å². The summed E-state index contributed by atoms with van der Waals surface area (Å²) in [4.78, 5) is 46.1. The van der Waals surface area contributed by atoms with Crippen LogP contribution in [0.4, 0.5) is 10.5 Å². The van der Waals surface area contributed by atoms with Gasteiger partial charge in [0.2, 0.25) is 5.91 Å². The van der Waals surface area contributed by atoms with Crippen molar-refractivity contribution in [2.45, 2.75) is 6.92 Å². The van der Waals surface area contributed by atoms with Gasteiger partial charge in [0.25, 0.3) is 16.8 Å². The van der Waals surface area contributed by atoms with Gasteiger partial charge in [-0.2, -0.15) is 0 Å². The summed E-state index contributed by atoms with van der Waals surface area (Å²) in [5, 5.41) is 13.1. The number of amides is 3. The molecule has 1 saturated heterocycles. The number of hydrogen-bond donors (Lipinski definition) is 1. The molecule has 0 bridgehead atoms. The number of nitro benzene ring substituents is 1. The molecule has 1 aliphatic heterocycles. The van der Waals surface area contributed by atoms with Crippen molar-refractivity contribution in [1.82, 2.24) is 10.2 Å². The van der Waals surface area contributed by atoms with Gasteiger partial charge < -0.3 is 5.32 Å². The highest BCUT2D eigenvalue weighted by atomic mass is 32.2. The molecule has 1 N–H and O–H groups in total. The van der Waals surface area contributed by atoms with E-state index in [1.807, 2.05) is 0 Å². The summed E-state index contributed by atoms with van der Waals surface area (Å²) in [6.45, 7) is 1.77. The SMILES string of the molecule is Cc1ccc(C(=O)NCCN2C(=O)CSC2=O)cc1[N+](=O)[O-]. The molecule has 0 unspecified atom stereocenters. The molecule has 0 atom stereocenters. The molecule has 22 heavy (non-hydrogen) atoms. The number of rotatable bonds is 5. The van der Waals surface area contributed by atoms with E-state index in [1.54, 1.807) is 6.92 Å². The summed E-state index contributed by atoms with van der Waals surface area (Å²) in [6, 6.07) is 4.18. The van der Waals surface area contributed by atoms with Crippen LogP contribution in [0.2, 0.25) is 0 Å². The second kappa shape index (κ2) is 6.56. The monoisotopic (exact) mass is 323 g/mol. The number of benzene rings is 1. The highest BCUT2D eigenvalue weighted by molar-refractivity contribution is 8.14. The predicted molar refractivity (Wildman–Crippen MR) is 79.7 cm³/mol. The van der Waals surface area contributed by atoms with Crippen LogP contribution >= 0.6 is 11.8 Å². The second-order valence-corrected chi connectivity index (χ2v) is 5.54. The van der Waals surface area contributed by atoms with Gasteiger partial charge in [0, 0.05) is 30.3 Å². The fraction of sp³-hybridized carbons (Fsp3) is 0.308. The summed E-state index contributed by atoms with van der Waals surface area (Å²) < 4.78 is 0. The number of nitrogens with zero attached hydrogens (tertiary/aromatic N) is 2. The molecule has 2 rings (SSSR count). The van der Waals surface area contributed by atoms with E-state index in [-0.39, 0.29) is 41.2 Å². The number of nitro groups is 1. The van der Waals surface area contributed by atoms with E-state index in [4.69, 9.17) is 0 Å². The Balaban J connectivity index is 1.95. The van der Waals surface area contributed by atoms with Crippen LogP contribution in [-0.2, 0) is 4.79 Å². The lowest BCUT2D eigenvalue weighted by molar-refractivity contribution is -0.385. The smallest absolute Gasteiger partial charge is 0.288 e. The van der Waals surface area contributed by atoms with Gasteiger partial charge in [-0.05, 0) is 13.0 Å². The van der Waals surface area contributed by atoms with Crippen LogP contribution in [0.1, 0.15) is 15.9 Å². The zero-order valence-electron chi connectivity index (χ0n) is 11.7. The zero-order valence-corrected chi connectivity index (χ0v) is 12.5. The lowest BCUT2D eigenvalue weighted by Crippen LogP contribution is -2.37. The van der Waals surface area contributed by atoms with Gasteiger partial charge in [-0.15, -0.1) is 0 Å². The normalized spacial score (nSPS) is 14.3. The lowest BCUT2D eigenvalue weighted by atomic mass is 10.1. The summed E-state index contributed by atoms with van der Waals surface area (Å²) in [7, 11) is 0. The molecule has 9 heteroatoms. The van der Waals surface area contributed by atoms with E-state index >= 15 is 0 Å². The molecule has 0 spiro atoms. The van der Waals surface area contributed by atoms with Crippen molar-refractivity contribution in [2.75, 3.05) is 18.8 Å². The van der Waals surface area contributed by atoms with Crippen LogP contribution in [0, 0.1) is 17.0 Å². The Kier molecular flexibility index (Phi) is 4.76. The van der Waals surface area contributed by atoms with E-state index in [0.717, 1.165) is 16.7 Å². The molecule has 1 aromatic carbocycles. The first-order chi connectivity index (χ1) is 10.4. The number of nitrogens with one attached hydrogen (secondary N) is 1. The minimum atomic E-state index is -0.551. The third-order valence-corrected chi connectivity index (χ3v) is 3.99. The number of carbonyl (C=O) groups excluding carboxylic acids is 3. The highest BCUT2D eigenvalue weighted by Crippen LogP contribution is 2.19. The Morgan fingerprint density at radius 1 is 1.45 bits per heavy atom. The molecule has 116 valence electrons. The molecule has 1 heterocycles. The molecular formula is C13H13N3O5S. The van der Waals surface area contributed by atoms with Gasteiger partial charge in [-0.1, -0.05) is 17.8 Å². The maximum absolute atomic E-state index is 11.9. The third kappa shape index (κ3) is 3.42. The van der Waals surface area contributed by atoms with E-state index in [9.17, 15) is 24.5 Å². The second-order valence-electron chi connectivity index (χ2n) is 4.61. The first kappa shape index (κ1) is 16.0. The summed E-state index contributed by atoms with van der Waals surface area (Å²) in [5.74, 6) is -0.651. The van der Waals surface area contributed by atoms with Crippen molar-refractivity contribution in [3.63, 3.8) is 0 Å². The predicted octanol–water partition coefficient (Wildman–Crippen LogP) is 1.33. The van der Waals surface area contributed by atoms with Crippen LogP contribution in [0.15, 0.2) is 18.2 Å². The van der Waals surface area contributed by atoms with Crippen molar-refractivity contribution in [3.05, 3.63) is 39.4 Å². The quantitative estimate of drug-likeness (QED) is 0.646. The molecule has 1 aliphatic rings. The van der Waals surface area contributed by atoms with Crippen LogP contribution in [0.5, 0.6) is 0 Å². The largest absolute Gasteiger partial charge is 0.350 e. The number of aryl methyl sites for hydroxylation is 1. The topological polar surface area (TPSA) is 110 Å². The van der Waals surface area contributed by atoms with Gasteiger partial charge in [0.1, 0.15) is 0 Å². The Bertz CT molecular complexity index is 645. The minimum absolute atomic E-state index is 0.0877. The Labute approximate surface area is 130 Å². The lowest BCUT2D eigenvalue weighted by Gasteiger charge is -2.13. The molecule has 8 nitrogen and oxygen atoms in total. The van der Waals surface area contributed by atoms with E-state index in [1.165, 1.54) is 18.2 Å². The Morgan fingerprint density at radius 3 is 2.77 bits per heavy atom. The number of imide groups is 1. The standard InChI is InChI=1S/C13H13N3O5S/c1-8-2-3-9(6-10(8)16(20)21)12(18)14-4-5-15-11(17)7-22-13(15)19/h2-3,6H,4-5,7H2,1H3,(H,14,18). The minimum Gasteiger partial charge on any atom is -0.350 e. The third-order valence-electron chi connectivity index (χ3n) is 3.13. The van der Waals surface area contributed by atoms with Gasteiger partial charge in [-0.3, -0.25) is 29.4 Å². The maximum Gasteiger partial charge on any atom is 0.288 e. The number of thioether (sulfide) groups is 1. The van der Waals surface area contributed by atoms with Crippen molar-refractivity contribution >= 4 is 34.5 Å². The first-order valence-electron chi connectivity index (χ1n) is 6.40. The molecule has 0 radical (unpaired) electrons. The molecule has 3 amide bonds. The van der Waals surface area contributed by atoms with E-state index in [0.29, 0.717) is 5.56 Å². The first-order valence-corrected chi connectivity index (χ1v) is 7.39. The van der Waals surface area contributed by atoms with Gasteiger partial charge in [0.05, 0.1) is 10.7 Å². The molecule has 1 aromatic rings. The van der Waals surface area contributed by atoms with Crippen LogP contribution < -0.4 is 5.32 Å². The molecule has 1 fully saturated rings. The average Bonchev–Trinajstić information content (AvgIpc) is 2.79. The van der Waals surface area contributed by atoms with Gasteiger partial charge in [-0.25, -0.2) is 0 Å². The van der Waals surface area contributed by atoms with E-state index in [2.05, 4.69) is 5.32 Å². The van der Waals surface area contributed by atoms with Crippen LogP contribution in [0.25, 0.3) is 0 Å². The zero-order chi connectivity index (χ0) is 16.3. The van der Waals surface area contributed by atoms with Gasteiger partial charge >= 0.3 is 0 Å². The maximum atomic E-state index is 11.9. The van der Waals surface area contributed by atoms with Crippen LogP contribution in [0.3, 0.4) is 0 Å². The fourth-order valence-electron chi connectivity index (χ4n) is 1.93. The fourth-order valence-corrected chi connectivity index (χ4v) is 2.68. The average molecular weight is 323 g/mol. The summed E-state index contributed by atoms with van der Waals surface area (Å²) in [6.07, 6.45) is 0. The highest BCUT2D eigenvalue weighted by Gasteiger charge is 2.29. The van der Waals surface area contributed by atoms with Crippen molar-refractivity contribution in [2.24, 2.45) is 0 Å². The summed E-state index contributed by atoms with van der Waals surface area (Å²) >= 11 is 0.925. The van der Waals surface area contributed by atoms with Gasteiger partial charge in [0.15, 0.2) is 0 Å². The van der Waals surface area contributed by atoms with Crippen molar-refractivity contribution < 1.29 is 19.3 Å².